The predicted octanol–water partition coefficient (Wildman–Crippen LogP) is 16.0. The first-order valence-corrected chi connectivity index (χ1v) is 27.0. The Kier molecular flexibility index (Phi) is 9.85. The first-order valence-electron chi connectivity index (χ1n) is 25.4. The Morgan fingerprint density at radius 2 is 1.09 bits per heavy atom. The van der Waals surface area contributed by atoms with Crippen molar-refractivity contribution in [3.05, 3.63) is 230 Å². The van der Waals surface area contributed by atoms with Crippen LogP contribution in [0.25, 0.3) is 22.3 Å². The zero-order valence-corrected chi connectivity index (χ0v) is 41.8. The van der Waals surface area contributed by atoms with Crippen LogP contribution in [0.1, 0.15) is 71.4 Å². The van der Waals surface area contributed by atoms with Gasteiger partial charge in [-0.1, -0.05) is 192 Å². The fraction of sp³-hybridized carbons (Fsp3) is 0.182. The highest BCUT2D eigenvalue weighted by molar-refractivity contribution is 8.34. The highest BCUT2D eigenvalue weighted by Crippen LogP contribution is 2.74. The van der Waals surface area contributed by atoms with Crippen molar-refractivity contribution in [2.45, 2.75) is 96.3 Å². The van der Waals surface area contributed by atoms with Crippen LogP contribution in [0.5, 0.6) is 0 Å². The minimum Gasteiger partial charge on any atom is -0.334 e. The van der Waals surface area contributed by atoms with E-state index in [4.69, 9.17) is 0 Å². The van der Waals surface area contributed by atoms with Crippen LogP contribution in [0.3, 0.4) is 0 Å². The average molecular weight is 923 g/mol. The number of nitrogens with zero attached hydrogens (tertiary/aromatic N) is 2. The summed E-state index contributed by atoms with van der Waals surface area (Å²) in [6.07, 6.45) is 4.86. The molecule has 2 atom stereocenters. The summed E-state index contributed by atoms with van der Waals surface area (Å²) < 4.78 is 0. The largest absolute Gasteiger partial charge is 0.334 e. The van der Waals surface area contributed by atoms with Crippen molar-refractivity contribution >= 4 is 61.6 Å². The molecule has 0 spiro atoms. The lowest BCUT2D eigenvalue weighted by Crippen LogP contribution is -2.61. The Morgan fingerprint density at radius 1 is 0.471 bits per heavy atom. The van der Waals surface area contributed by atoms with Gasteiger partial charge < -0.3 is 9.80 Å². The molecule has 2 unspecified atom stereocenters. The summed E-state index contributed by atoms with van der Waals surface area (Å²) >= 11 is 0. The van der Waals surface area contributed by atoms with Crippen molar-refractivity contribution in [1.29, 1.82) is 0 Å². The molecule has 1 aliphatic carbocycles. The number of fused-ring (bicyclic) bond motifs is 7. The molecule has 3 heterocycles. The smallest absolute Gasteiger partial charge is 0.249 e. The summed E-state index contributed by atoms with van der Waals surface area (Å²) in [4.78, 5) is 11.0. The van der Waals surface area contributed by atoms with Crippen LogP contribution in [0, 0.1) is 0 Å². The lowest BCUT2D eigenvalue weighted by molar-refractivity contribution is 0.195. The summed E-state index contributed by atoms with van der Waals surface area (Å²) in [5.74, 6) is 0. The third-order valence-electron chi connectivity index (χ3n) is 16.9. The van der Waals surface area contributed by atoms with E-state index in [2.05, 4.69) is 263 Å². The van der Waals surface area contributed by atoms with E-state index in [-0.39, 0.29) is 23.1 Å². The second-order valence-electron chi connectivity index (χ2n) is 21.6. The van der Waals surface area contributed by atoms with Crippen LogP contribution in [-0.4, -0.2) is 12.3 Å². The molecule has 2 nitrogen and oxygen atoms in total. The van der Waals surface area contributed by atoms with Gasteiger partial charge in [0, 0.05) is 48.4 Å². The van der Waals surface area contributed by atoms with Gasteiger partial charge in [0.25, 0.3) is 0 Å². The molecule has 342 valence electrons. The predicted molar refractivity (Wildman–Crippen MR) is 298 cm³/mol. The van der Waals surface area contributed by atoms with Crippen molar-refractivity contribution in [3.63, 3.8) is 0 Å². The number of hydrogen-bond acceptors (Lipinski definition) is 2. The lowest BCUT2D eigenvalue weighted by Gasteiger charge is -2.52. The van der Waals surface area contributed by atoms with Crippen LogP contribution < -0.4 is 26.2 Å². The number of anilines is 5. The molecular weight excluding hydrogens is 864 g/mol. The van der Waals surface area contributed by atoms with Crippen LogP contribution in [-0.2, 0) is 10.8 Å². The van der Waals surface area contributed by atoms with Crippen molar-refractivity contribution in [2.24, 2.45) is 0 Å². The standard InChI is InChI=1S/C66H59BN2S/c1-64(2,3)49-37-35-46(36-38-49)48-43-60-63-62(44-48)70(51-25-11-7-12-26-51,52-27-13-8-14-28-52)61-34-20-17-31-55(61)67(63)56-45-50(69-58-33-19-16-30-54(58)65(4)41-21-22-42-66(65,69)5)39-40-59(56)68(60)57-32-18-15-29-53(57)47-23-9-6-10-24-47/h6-20,23-40,43-45H,21-22,41-42H2,1-5H3. The lowest BCUT2D eigenvalue weighted by atomic mass is 9.34. The molecule has 1 saturated carbocycles. The second kappa shape index (κ2) is 16.0. The van der Waals surface area contributed by atoms with Gasteiger partial charge in [0.15, 0.2) is 0 Å². The average Bonchev–Trinajstić information content (AvgIpc) is 3.62. The molecule has 0 radical (unpaired) electrons. The van der Waals surface area contributed by atoms with Gasteiger partial charge in [-0.05, 0) is 142 Å². The number of rotatable bonds is 6. The Balaban J connectivity index is 1.17. The van der Waals surface area contributed by atoms with Gasteiger partial charge in [-0.15, -0.1) is 10.0 Å². The summed E-state index contributed by atoms with van der Waals surface area (Å²) in [5, 5.41) is 0. The van der Waals surface area contributed by atoms with Gasteiger partial charge in [-0.2, -0.15) is 0 Å². The first kappa shape index (κ1) is 43.0. The van der Waals surface area contributed by atoms with Gasteiger partial charge in [-0.3, -0.25) is 0 Å². The van der Waals surface area contributed by atoms with Crippen LogP contribution >= 0.6 is 10.0 Å². The van der Waals surface area contributed by atoms with E-state index < -0.39 is 10.0 Å². The monoisotopic (exact) mass is 922 g/mol. The van der Waals surface area contributed by atoms with E-state index >= 15 is 0 Å². The summed E-state index contributed by atoms with van der Waals surface area (Å²) in [6, 6.07) is 84.1. The van der Waals surface area contributed by atoms with Crippen molar-refractivity contribution < 1.29 is 0 Å². The molecule has 0 saturated heterocycles. The van der Waals surface area contributed by atoms with Crippen LogP contribution in [0.2, 0.25) is 0 Å². The van der Waals surface area contributed by atoms with Gasteiger partial charge in [0.1, 0.15) is 0 Å². The van der Waals surface area contributed by atoms with Crippen LogP contribution in [0.4, 0.5) is 28.4 Å². The Hall–Kier alpha value is -7.01. The fourth-order valence-corrected chi connectivity index (χ4v) is 17.6. The first-order chi connectivity index (χ1) is 34.1. The maximum Gasteiger partial charge on any atom is 0.249 e. The number of para-hydroxylation sites is 2. The van der Waals surface area contributed by atoms with E-state index in [1.54, 1.807) is 0 Å². The van der Waals surface area contributed by atoms with E-state index in [1.807, 2.05) is 0 Å². The molecule has 9 aromatic rings. The molecule has 0 N–H and O–H groups in total. The third kappa shape index (κ3) is 6.15. The molecule has 4 heteroatoms. The van der Waals surface area contributed by atoms with Crippen molar-refractivity contribution in [1.82, 2.24) is 0 Å². The van der Waals surface area contributed by atoms with Crippen molar-refractivity contribution in [3.8, 4) is 22.3 Å². The minimum absolute atomic E-state index is 0.0231. The maximum absolute atomic E-state index is 2.77. The Labute approximate surface area is 417 Å². The van der Waals surface area contributed by atoms with Crippen molar-refractivity contribution in [2.75, 3.05) is 9.80 Å². The van der Waals surface area contributed by atoms with E-state index in [0.29, 0.717) is 0 Å². The molecule has 9 aromatic carbocycles. The van der Waals surface area contributed by atoms with E-state index in [1.165, 1.54) is 117 Å². The fourth-order valence-electron chi connectivity index (χ4n) is 13.3. The molecule has 3 aliphatic heterocycles. The highest BCUT2D eigenvalue weighted by atomic mass is 32.3. The molecule has 4 aliphatic rings. The SMILES string of the molecule is CC(C)(C)c1ccc(-c2cc3c4c(c2)S(c2ccccc2)(c2ccccc2)c2ccccc2B4c2cc(N4c5ccccc5C5(C)CCCCC45C)ccc2N3c2ccccc2-c2ccccc2)cc1. The highest BCUT2D eigenvalue weighted by Gasteiger charge is 2.58. The number of hydrogen-bond donors (Lipinski definition) is 0. The van der Waals surface area contributed by atoms with Gasteiger partial charge >= 0.3 is 0 Å². The Morgan fingerprint density at radius 3 is 1.80 bits per heavy atom. The Bertz CT molecular complexity index is 3430. The van der Waals surface area contributed by atoms with Crippen LogP contribution in [0.15, 0.2) is 238 Å². The summed E-state index contributed by atoms with van der Waals surface area (Å²) in [5.41, 5.74) is 18.2. The molecular formula is C66H59BN2S. The summed E-state index contributed by atoms with van der Waals surface area (Å²) in [7, 11) is -2.07. The molecule has 13 rings (SSSR count). The molecule has 1 fully saturated rings. The minimum atomic E-state index is -2.07. The quantitative estimate of drug-likeness (QED) is 0.153. The molecule has 0 aromatic heterocycles. The third-order valence-corrected chi connectivity index (χ3v) is 20.9. The normalized spacial score (nSPS) is 19.9. The zero-order chi connectivity index (χ0) is 47.4. The topological polar surface area (TPSA) is 6.48 Å². The summed E-state index contributed by atoms with van der Waals surface area (Å²) in [6.45, 7) is 12.0. The second-order valence-corrected chi connectivity index (χ2v) is 24.6. The number of benzene rings is 9. The molecule has 0 amide bonds. The maximum atomic E-state index is 2.77. The van der Waals surface area contributed by atoms with Gasteiger partial charge in [0.2, 0.25) is 6.71 Å². The zero-order valence-electron chi connectivity index (χ0n) is 41.0. The molecule has 0 bridgehead atoms. The van der Waals surface area contributed by atoms with E-state index in [0.717, 1.165) is 6.42 Å². The van der Waals surface area contributed by atoms with Gasteiger partial charge in [0.05, 0.1) is 11.2 Å². The van der Waals surface area contributed by atoms with Gasteiger partial charge in [-0.25, -0.2) is 0 Å². The molecule has 70 heavy (non-hydrogen) atoms. The van der Waals surface area contributed by atoms with E-state index in [9.17, 15) is 0 Å².